The molecular weight excluding hydrogens is 378 g/mol. The van der Waals surface area contributed by atoms with Crippen LogP contribution in [0.25, 0.3) is 0 Å². The summed E-state index contributed by atoms with van der Waals surface area (Å²) >= 11 is 0. The lowest BCUT2D eigenvalue weighted by Crippen LogP contribution is -2.58. The Morgan fingerprint density at radius 2 is 1.92 bits per heavy atom. The summed E-state index contributed by atoms with van der Waals surface area (Å²) in [6, 6.07) is 8.86. The highest BCUT2D eigenvalue weighted by atomic mass is 79.9. The van der Waals surface area contributed by atoms with Gasteiger partial charge in [0.1, 0.15) is 36.3 Å². The van der Waals surface area contributed by atoms with Gasteiger partial charge in [0.05, 0.1) is 13.7 Å². The molecule has 4 unspecified atom stereocenters. The SMILES string of the molecule is Br.C[N+]1([O-])C2CC(OC(=O)[C@H](CO)c3ccccc3)CC1[C@@H]1O[C@H]21. The Morgan fingerprint density at radius 3 is 2.46 bits per heavy atom. The molecule has 0 radical (unpaired) electrons. The quantitative estimate of drug-likeness (QED) is 0.359. The van der Waals surface area contributed by atoms with Crippen molar-refractivity contribution in [2.75, 3.05) is 13.7 Å². The second-order valence-corrected chi connectivity index (χ2v) is 6.94. The van der Waals surface area contributed by atoms with Gasteiger partial charge in [0.2, 0.25) is 0 Å². The average Bonchev–Trinajstić information content (AvgIpc) is 3.27. The average molecular weight is 400 g/mol. The topological polar surface area (TPSA) is 82.1 Å². The highest BCUT2D eigenvalue weighted by Crippen LogP contribution is 2.52. The molecule has 0 saturated carbocycles. The van der Waals surface area contributed by atoms with Gasteiger partial charge >= 0.3 is 5.97 Å². The van der Waals surface area contributed by atoms with Crippen molar-refractivity contribution in [2.45, 2.75) is 49.2 Å². The molecule has 0 aliphatic carbocycles. The van der Waals surface area contributed by atoms with Crippen LogP contribution in [0.1, 0.15) is 24.3 Å². The van der Waals surface area contributed by atoms with Crippen LogP contribution in [0.2, 0.25) is 0 Å². The summed E-state index contributed by atoms with van der Waals surface area (Å²) < 4.78 is 10.9. The Hall–Kier alpha value is -0.990. The molecule has 0 spiro atoms. The number of aliphatic hydroxyl groups is 1. The molecule has 4 rings (SSSR count). The number of quaternary nitrogens is 1. The van der Waals surface area contributed by atoms with Crippen molar-refractivity contribution in [3.8, 4) is 0 Å². The Morgan fingerprint density at radius 1 is 1.33 bits per heavy atom. The number of fused-ring (bicyclic) bond motifs is 5. The molecule has 24 heavy (non-hydrogen) atoms. The molecule has 1 N–H and O–H groups in total. The molecule has 1 aromatic rings. The van der Waals surface area contributed by atoms with E-state index in [1.54, 1.807) is 19.2 Å². The number of esters is 1. The molecule has 3 fully saturated rings. The fourth-order valence-electron chi connectivity index (χ4n) is 4.25. The number of carbonyl (C=O) groups is 1. The van der Waals surface area contributed by atoms with E-state index in [2.05, 4.69) is 0 Å². The van der Waals surface area contributed by atoms with E-state index in [-0.39, 0.29) is 58.6 Å². The third-order valence-electron chi connectivity index (χ3n) is 5.60. The molecule has 3 aliphatic rings. The van der Waals surface area contributed by atoms with Crippen LogP contribution in [0.4, 0.5) is 0 Å². The van der Waals surface area contributed by atoms with Crippen molar-refractivity contribution >= 4 is 23.0 Å². The number of rotatable bonds is 4. The summed E-state index contributed by atoms with van der Waals surface area (Å²) in [7, 11) is 1.70. The number of halogens is 1. The Bertz CT molecular complexity index is 590. The Kier molecular flexibility index (Phi) is 4.74. The number of likely N-dealkylation sites (N-methyl/N-ethyl adjacent to an activating group) is 1. The van der Waals surface area contributed by atoms with Gasteiger partial charge in [0.25, 0.3) is 0 Å². The van der Waals surface area contributed by atoms with E-state index < -0.39 is 11.9 Å². The fraction of sp³-hybridized carbons (Fsp3) is 0.588. The van der Waals surface area contributed by atoms with Crippen LogP contribution < -0.4 is 0 Å². The van der Waals surface area contributed by atoms with Crippen LogP contribution in [0.15, 0.2) is 30.3 Å². The first kappa shape index (κ1) is 17.8. The van der Waals surface area contributed by atoms with Crippen molar-refractivity contribution in [1.29, 1.82) is 0 Å². The summed E-state index contributed by atoms with van der Waals surface area (Å²) in [6.07, 6.45) is 0.891. The highest BCUT2D eigenvalue weighted by Gasteiger charge is 2.69. The predicted octanol–water partition coefficient (Wildman–Crippen LogP) is 1.51. The second kappa shape index (κ2) is 6.38. The maximum absolute atomic E-state index is 12.6. The second-order valence-electron chi connectivity index (χ2n) is 6.94. The smallest absolute Gasteiger partial charge is 0.316 e. The first-order chi connectivity index (χ1) is 11.0. The zero-order chi connectivity index (χ0) is 16.2. The van der Waals surface area contributed by atoms with E-state index in [0.717, 1.165) is 5.56 Å². The minimum absolute atomic E-state index is 0. The van der Waals surface area contributed by atoms with Gasteiger partial charge in [-0.15, -0.1) is 17.0 Å². The van der Waals surface area contributed by atoms with Crippen LogP contribution in [0, 0.1) is 5.21 Å². The number of carbonyl (C=O) groups excluding carboxylic acids is 1. The van der Waals surface area contributed by atoms with Crippen molar-refractivity contribution in [2.24, 2.45) is 0 Å². The van der Waals surface area contributed by atoms with Gasteiger partial charge < -0.3 is 24.4 Å². The number of ether oxygens (including phenoxy) is 2. The predicted molar refractivity (Wildman–Crippen MR) is 91.5 cm³/mol. The highest BCUT2D eigenvalue weighted by molar-refractivity contribution is 8.93. The molecular formula is C17H22BrNO5. The molecule has 2 bridgehead atoms. The number of benzene rings is 1. The maximum Gasteiger partial charge on any atom is 0.316 e. The summed E-state index contributed by atoms with van der Waals surface area (Å²) in [4.78, 5) is 12.4. The minimum atomic E-state index is -0.672. The van der Waals surface area contributed by atoms with E-state index in [4.69, 9.17) is 9.47 Å². The number of morpholine rings is 1. The molecule has 3 heterocycles. The molecule has 7 heteroatoms. The van der Waals surface area contributed by atoms with E-state index in [1.807, 2.05) is 18.2 Å². The lowest BCUT2D eigenvalue weighted by Gasteiger charge is -2.51. The molecule has 3 saturated heterocycles. The first-order valence-electron chi connectivity index (χ1n) is 8.11. The van der Waals surface area contributed by atoms with Crippen LogP contribution in [-0.2, 0) is 14.3 Å². The third kappa shape index (κ3) is 2.78. The van der Waals surface area contributed by atoms with Gasteiger partial charge in [0.15, 0.2) is 0 Å². The third-order valence-corrected chi connectivity index (χ3v) is 5.60. The molecule has 0 amide bonds. The molecule has 6 nitrogen and oxygen atoms in total. The number of piperidine rings is 1. The van der Waals surface area contributed by atoms with E-state index >= 15 is 0 Å². The summed E-state index contributed by atoms with van der Waals surface area (Å²) in [5.41, 5.74) is 0.745. The monoisotopic (exact) mass is 399 g/mol. The number of hydrogen-bond acceptors (Lipinski definition) is 5. The summed E-state index contributed by atoms with van der Waals surface area (Å²) in [5, 5.41) is 22.2. The number of hydrogen-bond donors (Lipinski definition) is 1. The first-order valence-corrected chi connectivity index (χ1v) is 8.11. The number of epoxide rings is 1. The largest absolute Gasteiger partial charge is 0.632 e. The van der Waals surface area contributed by atoms with Gasteiger partial charge in [0, 0.05) is 12.8 Å². The molecule has 7 atom stereocenters. The molecule has 3 aliphatic heterocycles. The van der Waals surface area contributed by atoms with Gasteiger partial charge in [-0.3, -0.25) is 4.79 Å². The standard InChI is InChI=1S/C17H21NO5.BrH/c1-18(21)13-7-11(8-14(18)16-15(13)23-16)22-17(20)12(9-19)10-5-3-2-4-6-10;/h2-6,11-16,19H,7-9H2,1H3;1H/t11?,12-,13?,14?,15-,16+,18?;/m1./s1. The lowest BCUT2D eigenvalue weighted by molar-refractivity contribution is -0.911. The lowest BCUT2D eigenvalue weighted by atomic mass is 9.97. The van der Waals surface area contributed by atoms with Crippen molar-refractivity contribution in [1.82, 2.24) is 0 Å². The van der Waals surface area contributed by atoms with Gasteiger partial charge in [-0.1, -0.05) is 30.3 Å². The fourth-order valence-corrected chi connectivity index (χ4v) is 4.25. The van der Waals surface area contributed by atoms with Crippen molar-refractivity contribution in [3.63, 3.8) is 0 Å². The van der Waals surface area contributed by atoms with Crippen LogP contribution in [-0.4, -0.2) is 59.8 Å². The molecule has 132 valence electrons. The maximum atomic E-state index is 12.6. The van der Waals surface area contributed by atoms with E-state index in [0.29, 0.717) is 12.8 Å². The van der Waals surface area contributed by atoms with Gasteiger partial charge in [-0.25, -0.2) is 0 Å². The Labute approximate surface area is 151 Å². The molecule has 0 aromatic heterocycles. The van der Waals surface area contributed by atoms with Crippen LogP contribution >= 0.6 is 17.0 Å². The zero-order valence-electron chi connectivity index (χ0n) is 13.4. The van der Waals surface area contributed by atoms with Gasteiger partial charge in [-0.2, -0.15) is 0 Å². The van der Waals surface area contributed by atoms with Crippen molar-refractivity contribution < 1.29 is 24.0 Å². The number of hydroxylamine groups is 3. The van der Waals surface area contributed by atoms with E-state index in [9.17, 15) is 15.1 Å². The minimum Gasteiger partial charge on any atom is -0.632 e. The Balaban J connectivity index is 0.00000169. The summed E-state index contributed by atoms with van der Waals surface area (Å²) in [6.45, 7) is -0.286. The normalized spacial score (nSPS) is 40.2. The van der Waals surface area contributed by atoms with E-state index in [1.165, 1.54) is 0 Å². The van der Waals surface area contributed by atoms with Crippen molar-refractivity contribution in [3.05, 3.63) is 41.1 Å². The molecule has 1 aromatic carbocycles. The van der Waals surface area contributed by atoms with Gasteiger partial charge in [-0.05, 0) is 5.56 Å². The van der Waals surface area contributed by atoms with Crippen LogP contribution in [0.3, 0.4) is 0 Å². The van der Waals surface area contributed by atoms with Crippen LogP contribution in [0.5, 0.6) is 0 Å². The number of aliphatic hydroxyl groups excluding tert-OH is 1. The number of nitrogens with zero attached hydrogens (tertiary/aromatic N) is 1. The summed E-state index contributed by atoms with van der Waals surface area (Å²) in [5.74, 6) is -1.09. The zero-order valence-corrected chi connectivity index (χ0v) is 15.1.